The first kappa shape index (κ1) is 51.9. The largest absolute Gasteiger partial charge is 0.394 e. The lowest BCUT2D eigenvalue weighted by Gasteiger charge is -2.40. The summed E-state index contributed by atoms with van der Waals surface area (Å²) in [6.45, 7) is 3.77. The molecule has 0 aromatic heterocycles. The lowest BCUT2D eigenvalue weighted by Crippen LogP contribution is -2.60. The predicted molar refractivity (Wildman–Crippen MR) is 226 cm³/mol. The van der Waals surface area contributed by atoms with Crippen molar-refractivity contribution in [3.05, 3.63) is 12.2 Å². The maximum Gasteiger partial charge on any atom is 0.220 e. The fourth-order valence-corrected chi connectivity index (χ4v) is 7.57. The number of allylic oxidation sites excluding steroid dienone is 1. The van der Waals surface area contributed by atoms with Crippen molar-refractivity contribution >= 4 is 5.91 Å². The highest BCUT2D eigenvalue weighted by atomic mass is 16.7. The van der Waals surface area contributed by atoms with E-state index >= 15 is 0 Å². The van der Waals surface area contributed by atoms with Crippen molar-refractivity contribution in [1.82, 2.24) is 5.32 Å². The van der Waals surface area contributed by atoms with Gasteiger partial charge in [0.1, 0.15) is 24.4 Å². The van der Waals surface area contributed by atoms with Crippen molar-refractivity contribution in [1.29, 1.82) is 0 Å². The molecule has 0 aromatic carbocycles. The van der Waals surface area contributed by atoms with E-state index in [0.29, 0.717) is 6.42 Å². The van der Waals surface area contributed by atoms with Crippen LogP contribution in [0.2, 0.25) is 0 Å². The SMILES string of the molecule is CCCCCCCCCCC/C=C/[C@@H](O)[C@H](CO[C@@H]1O[C@H](CO)[C@H](O)C(O)C1O)NC(=O)CCCCCCCCCCCCCCCCCCCCCCC. The monoisotopic (exact) mass is 784 g/mol. The number of hydrogen-bond donors (Lipinski definition) is 6. The molecule has 1 heterocycles. The summed E-state index contributed by atoms with van der Waals surface area (Å²) >= 11 is 0. The van der Waals surface area contributed by atoms with Crippen LogP contribution in [0.3, 0.4) is 0 Å². The van der Waals surface area contributed by atoms with Crippen LogP contribution in [0.25, 0.3) is 0 Å². The second kappa shape index (κ2) is 37.2. The molecule has 9 nitrogen and oxygen atoms in total. The molecular formula is C46H89NO8. The Balaban J connectivity index is 2.27. The van der Waals surface area contributed by atoms with Crippen LogP contribution in [-0.4, -0.2) is 87.5 Å². The van der Waals surface area contributed by atoms with Gasteiger partial charge in [-0.3, -0.25) is 4.79 Å². The Hall–Kier alpha value is -1.07. The van der Waals surface area contributed by atoms with Crippen LogP contribution in [0.15, 0.2) is 12.2 Å². The van der Waals surface area contributed by atoms with Gasteiger partial charge in [-0.15, -0.1) is 0 Å². The third-order valence-electron chi connectivity index (χ3n) is 11.4. The Bertz CT molecular complexity index is 873. The number of nitrogens with one attached hydrogen (secondary N) is 1. The summed E-state index contributed by atoms with van der Waals surface area (Å²) in [5.41, 5.74) is 0. The molecule has 0 spiro atoms. The zero-order chi connectivity index (χ0) is 40.2. The van der Waals surface area contributed by atoms with Crippen molar-refractivity contribution in [2.24, 2.45) is 0 Å². The highest BCUT2D eigenvalue weighted by molar-refractivity contribution is 5.76. The van der Waals surface area contributed by atoms with E-state index in [4.69, 9.17) is 9.47 Å². The van der Waals surface area contributed by atoms with Crippen molar-refractivity contribution in [2.75, 3.05) is 13.2 Å². The van der Waals surface area contributed by atoms with Gasteiger partial charge in [0.05, 0.1) is 25.4 Å². The van der Waals surface area contributed by atoms with Gasteiger partial charge >= 0.3 is 0 Å². The molecule has 1 rings (SSSR count). The van der Waals surface area contributed by atoms with E-state index in [-0.39, 0.29) is 12.5 Å². The minimum absolute atomic E-state index is 0.174. The number of hydrogen-bond acceptors (Lipinski definition) is 8. The van der Waals surface area contributed by atoms with Crippen LogP contribution >= 0.6 is 0 Å². The molecule has 55 heavy (non-hydrogen) atoms. The molecule has 0 radical (unpaired) electrons. The smallest absolute Gasteiger partial charge is 0.220 e. The van der Waals surface area contributed by atoms with Gasteiger partial charge in [0.25, 0.3) is 0 Å². The second-order valence-corrected chi connectivity index (χ2v) is 16.6. The topological polar surface area (TPSA) is 149 Å². The number of aliphatic hydroxyl groups is 5. The molecule has 7 atom stereocenters. The summed E-state index contributed by atoms with van der Waals surface area (Å²) in [5, 5.41) is 54.1. The first-order chi connectivity index (χ1) is 26.8. The average molecular weight is 784 g/mol. The summed E-state index contributed by atoms with van der Waals surface area (Å²) in [5.74, 6) is -0.174. The molecule has 6 N–H and O–H groups in total. The molecule has 0 aliphatic carbocycles. The van der Waals surface area contributed by atoms with Crippen molar-refractivity contribution in [3.8, 4) is 0 Å². The van der Waals surface area contributed by atoms with E-state index in [1.54, 1.807) is 6.08 Å². The molecule has 326 valence electrons. The van der Waals surface area contributed by atoms with Gasteiger partial charge in [-0.05, 0) is 19.3 Å². The van der Waals surface area contributed by atoms with E-state index in [2.05, 4.69) is 19.2 Å². The van der Waals surface area contributed by atoms with Gasteiger partial charge in [-0.1, -0.05) is 206 Å². The Labute approximate surface area is 337 Å². The Morgan fingerprint density at radius 3 is 1.42 bits per heavy atom. The first-order valence-corrected chi connectivity index (χ1v) is 23.4. The minimum Gasteiger partial charge on any atom is -0.394 e. The number of ether oxygens (including phenoxy) is 2. The standard InChI is InChI=1S/C46H89NO8/c1-3-5-7-9-11-13-15-16-17-18-19-20-21-22-23-24-26-28-30-32-34-36-42(50)47-39(38-54-46-45(53)44(52)43(51)41(37-48)55-46)40(49)35-33-31-29-27-25-14-12-10-8-6-4-2/h33,35,39-41,43-46,48-49,51-53H,3-32,34,36-38H2,1-2H3,(H,47,50)/b35-33+/t39-,40+,41+,43-,44?,45?,46+/m0/s1. The molecule has 1 saturated heterocycles. The maximum absolute atomic E-state index is 12.9. The fraction of sp³-hybridized carbons (Fsp3) is 0.935. The normalized spacial score (nSPS) is 21.3. The van der Waals surface area contributed by atoms with E-state index in [1.165, 1.54) is 161 Å². The number of rotatable bonds is 39. The summed E-state index contributed by atoms with van der Waals surface area (Å²) < 4.78 is 11.2. The van der Waals surface area contributed by atoms with E-state index in [0.717, 1.165) is 38.5 Å². The van der Waals surface area contributed by atoms with Gasteiger partial charge in [-0.25, -0.2) is 0 Å². The van der Waals surface area contributed by atoms with Gasteiger partial charge in [0, 0.05) is 6.42 Å². The minimum atomic E-state index is -1.56. The van der Waals surface area contributed by atoms with Crippen molar-refractivity contribution in [3.63, 3.8) is 0 Å². The number of aliphatic hydroxyl groups excluding tert-OH is 5. The summed E-state index contributed by atoms with van der Waals surface area (Å²) in [7, 11) is 0. The van der Waals surface area contributed by atoms with Gasteiger partial charge in [0.2, 0.25) is 5.91 Å². The summed E-state index contributed by atoms with van der Waals surface area (Å²) in [6.07, 6.45) is 35.5. The molecule has 0 saturated carbocycles. The van der Waals surface area contributed by atoms with E-state index < -0.39 is 49.5 Å². The molecule has 0 bridgehead atoms. The zero-order valence-corrected chi connectivity index (χ0v) is 35.7. The Morgan fingerprint density at radius 1 is 0.600 bits per heavy atom. The highest BCUT2D eigenvalue weighted by Crippen LogP contribution is 2.23. The predicted octanol–water partition coefficient (Wildman–Crippen LogP) is 9.73. The van der Waals surface area contributed by atoms with Gasteiger partial charge in [-0.2, -0.15) is 0 Å². The third-order valence-corrected chi connectivity index (χ3v) is 11.4. The number of amides is 1. The Kier molecular flexibility index (Phi) is 35.2. The van der Waals surface area contributed by atoms with Crippen LogP contribution in [0.5, 0.6) is 0 Å². The van der Waals surface area contributed by atoms with E-state index in [9.17, 15) is 30.3 Å². The van der Waals surface area contributed by atoms with Crippen LogP contribution < -0.4 is 5.32 Å². The second-order valence-electron chi connectivity index (χ2n) is 16.6. The lowest BCUT2D eigenvalue weighted by molar-refractivity contribution is -0.302. The van der Waals surface area contributed by atoms with Crippen LogP contribution in [0.1, 0.15) is 219 Å². The molecule has 1 aliphatic heterocycles. The van der Waals surface area contributed by atoms with Crippen LogP contribution in [-0.2, 0) is 14.3 Å². The molecule has 1 fully saturated rings. The Morgan fingerprint density at radius 2 is 1.00 bits per heavy atom. The number of carbonyl (C=O) groups excluding carboxylic acids is 1. The molecule has 2 unspecified atom stereocenters. The van der Waals surface area contributed by atoms with Crippen LogP contribution in [0, 0.1) is 0 Å². The quantitative estimate of drug-likeness (QED) is 0.0267. The lowest BCUT2D eigenvalue weighted by atomic mass is 9.99. The fourth-order valence-electron chi connectivity index (χ4n) is 7.57. The first-order valence-electron chi connectivity index (χ1n) is 23.4. The average Bonchev–Trinajstić information content (AvgIpc) is 3.18. The third kappa shape index (κ3) is 28.1. The zero-order valence-electron chi connectivity index (χ0n) is 35.7. The molecule has 9 heteroatoms. The summed E-state index contributed by atoms with van der Waals surface area (Å²) in [4.78, 5) is 12.9. The van der Waals surface area contributed by atoms with Gasteiger partial charge < -0.3 is 40.3 Å². The molecular weight excluding hydrogens is 695 g/mol. The number of unbranched alkanes of at least 4 members (excludes halogenated alkanes) is 29. The summed E-state index contributed by atoms with van der Waals surface area (Å²) in [6, 6.07) is -0.797. The van der Waals surface area contributed by atoms with Gasteiger partial charge in [0.15, 0.2) is 6.29 Å². The van der Waals surface area contributed by atoms with Crippen LogP contribution in [0.4, 0.5) is 0 Å². The van der Waals surface area contributed by atoms with E-state index in [1.807, 2.05) is 6.08 Å². The van der Waals surface area contributed by atoms with Crippen molar-refractivity contribution < 1.29 is 39.8 Å². The maximum atomic E-state index is 12.9. The molecule has 1 aliphatic rings. The highest BCUT2D eigenvalue weighted by Gasteiger charge is 2.44. The van der Waals surface area contributed by atoms with Crippen molar-refractivity contribution in [2.45, 2.75) is 262 Å². The molecule has 1 amide bonds. The molecule has 0 aromatic rings. The number of carbonyl (C=O) groups is 1.